The molecule has 1 saturated heterocycles. The van der Waals surface area contributed by atoms with E-state index in [0.29, 0.717) is 6.04 Å². The van der Waals surface area contributed by atoms with Crippen molar-refractivity contribution in [1.29, 1.82) is 5.26 Å². The molecule has 19 heavy (non-hydrogen) atoms. The second-order valence-corrected chi connectivity index (χ2v) is 5.24. The lowest BCUT2D eigenvalue weighted by Gasteiger charge is -2.26. The number of hydrogen-bond donors (Lipinski definition) is 1. The van der Waals surface area contributed by atoms with Crippen molar-refractivity contribution in [1.82, 2.24) is 10.2 Å². The molecule has 0 spiro atoms. The largest absolute Gasteiger partial charge is 0.311 e. The standard InChI is InChI=1S/C16H23N3/c1-2-16(19-9-3-4-10-19)13-18-12-15-7-5-14(11-17)6-8-15/h5-8,16,18H,2-4,9-10,12-13H2,1H3. The maximum Gasteiger partial charge on any atom is 0.0991 e. The third-order valence-electron chi connectivity index (χ3n) is 3.92. The highest BCUT2D eigenvalue weighted by atomic mass is 15.2. The molecule has 0 aromatic heterocycles. The Labute approximate surface area is 116 Å². The van der Waals surface area contributed by atoms with Crippen LogP contribution in [0, 0.1) is 11.3 Å². The molecule has 1 aliphatic rings. The second-order valence-electron chi connectivity index (χ2n) is 5.24. The Bertz CT molecular complexity index is 413. The fourth-order valence-electron chi connectivity index (χ4n) is 2.72. The van der Waals surface area contributed by atoms with Gasteiger partial charge in [0.05, 0.1) is 11.6 Å². The summed E-state index contributed by atoms with van der Waals surface area (Å²) in [6, 6.07) is 10.6. The summed E-state index contributed by atoms with van der Waals surface area (Å²) in [5, 5.41) is 12.3. The van der Waals surface area contributed by atoms with Crippen molar-refractivity contribution >= 4 is 0 Å². The van der Waals surface area contributed by atoms with Crippen LogP contribution in [0.15, 0.2) is 24.3 Å². The molecule has 1 fully saturated rings. The van der Waals surface area contributed by atoms with Crippen molar-refractivity contribution in [2.75, 3.05) is 19.6 Å². The second kappa shape index (κ2) is 7.28. The van der Waals surface area contributed by atoms with Gasteiger partial charge in [-0.2, -0.15) is 5.26 Å². The Hall–Kier alpha value is -1.37. The molecule has 1 N–H and O–H groups in total. The Balaban J connectivity index is 1.76. The van der Waals surface area contributed by atoms with Gasteiger partial charge in [0.15, 0.2) is 0 Å². The minimum atomic E-state index is 0.667. The first-order valence-corrected chi connectivity index (χ1v) is 7.27. The van der Waals surface area contributed by atoms with Crippen LogP contribution in [0.1, 0.15) is 37.3 Å². The molecule has 3 nitrogen and oxygen atoms in total. The van der Waals surface area contributed by atoms with E-state index in [1.807, 2.05) is 24.3 Å². The van der Waals surface area contributed by atoms with Gasteiger partial charge in [-0.25, -0.2) is 0 Å². The molecule has 1 unspecified atom stereocenters. The molecule has 1 atom stereocenters. The molecule has 1 heterocycles. The van der Waals surface area contributed by atoms with Crippen molar-refractivity contribution in [2.45, 2.75) is 38.8 Å². The van der Waals surface area contributed by atoms with E-state index in [9.17, 15) is 0 Å². The van der Waals surface area contributed by atoms with Gasteiger partial charge in [0.2, 0.25) is 0 Å². The van der Waals surface area contributed by atoms with Gasteiger partial charge in [0.25, 0.3) is 0 Å². The Morgan fingerprint density at radius 2 is 1.95 bits per heavy atom. The number of hydrogen-bond acceptors (Lipinski definition) is 3. The monoisotopic (exact) mass is 257 g/mol. The summed E-state index contributed by atoms with van der Waals surface area (Å²) in [5.74, 6) is 0. The van der Waals surface area contributed by atoms with Crippen LogP contribution in [0.5, 0.6) is 0 Å². The van der Waals surface area contributed by atoms with Gasteiger partial charge < -0.3 is 5.32 Å². The van der Waals surface area contributed by atoms with Crippen molar-refractivity contribution in [3.8, 4) is 6.07 Å². The van der Waals surface area contributed by atoms with E-state index < -0.39 is 0 Å². The highest BCUT2D eigenvalue weighted by Gasteiger charge is 2.19. The quantitative estimate of drug-likeness (QED) is 0.851. The lowest BCUT2D eigenvalue weighted by Crippen LogP contribution is -2.40. The minimum Gasteiger partial charge on any atom is -0.311 e. The van der Waals surface area contributed by atoms with Gasteiger partial charge in [-0.05, 0) is 50.0 Å². The zero-order valence-electron chi connectivity index (χ0n) is 11.7. The van der Waals surface area contributed by atoms with Gasteiger partial charge >= 0.3 is 0 Å². The Kier molecular flexibility index (Phi) is 5.38. The number of likely N-dealkylation sites (tertiary alicyclic amines) is 1. The molecule has 0 amide bonds. The zero-order valence-corrected chi connectivity index (χ0v) is 11.7. The number of nitrogens with zero attached hydrogens (tertiary/aromatic N) is 2. The summed E-state index contributed by atoms with van der Waals surface area (Å²) in [6.45, 7) is 6.73. The number of nitriles is 1. The molecule has 1 aromatic rings. The molecular formula is C16H23N3. The molecule has 0 saturated carbocycles. The predicted molar refractivity (Wildman–Crippen MR) is 77.7 cm³/mol. The predicted octanol–water partition coefficient (Wildman–Crippen LogP) is 2.52. The fourth-order valence-corrected chi connectivity index (χ4v) is 2.72. The van der Waals surface area contributed by atoms with E-state index in [4.69, 9.17) is 5.26 Å². The van der Waals surface area contributed by atoms with Crippen molar-refractivity contribution in [2.24, 2.45) is 0 Å². The van der Waals surface area contributed by atoms with Crippen LogP contribution in [0.2, 0.25) is 0 Å². The molecule has 0 aliphatic carbocycles. The van der Waals surface area contributed by atoms with Crippen LogP contribution < -0.4 is 5.32 Å². The minimum absolute atomic E-state index is 0.667. The van der Waals surface area contributed by atoms with Crippen LogP contribution in [0.25, 0.3) is 0 Å². The van der Waals surface area contributed by atoms with Crippen molar-refractivity contribution < 1.29 is 0 Å². The molecule has 0 radical (unpaired) electrons. The lowest BCUT2D eigenvalue weighted by molar-refractivity contribution is 0.229. The SMILES string of the molecule is CCC(CNCc1ccc(C#N)cc1)N1CCCC1. The zero-order chi connectivity index (χ0) is 13.5. The van der Waals surface area contributed by atoms with E-state index in [1.54, 1.807) is 0 Å². The summed E-state index contributed by atoms with van der Waals surface area (Å²) >= 11 is 0. The van der Waals surface area contributed by atoms with Crippen LogP contribution in [0.4, 0.5) is 0 Å². The molecule has 1 aliphatic heterocycles. The van der Waals surface area contributed by atoms with Crippen LogP contribution in [0.3, 0.4) is 0 Å². The smallest absolute Gasteiger partial charge is 0.0991 e. The molecule has 102 valence electrons. The maximum atomic E-state index is 8.76. The first-order chi connectivity index (χ1) is 9.33. The lowest BCUT2D eigenvalue weighted by atomic mass is 10.1. The maximum absolute atomic E-state index is 8.76. The first kappa shape index (κ1) is 14.0. The van der Waals surface area contributed by atoms with Gasteiger partial charge in [0, 0.05) is 19.1 Å². The van der Waals surface area contributed by atoms with Gasteiger partial charge in [-0.1, -0.05) is 19.1 Å². The molecule has 0 bridgehead atoms. The van der Waals surface area contributed by atoms with Gasteiger partial charge in [-0.15, -0.1) is 0 Å². The van der Waals surface area contributed by atoms with Crippen LogP contribution >= 0.6 is 0 Å². The summed E-state index contributed by atoms with van der Waals surface area (Å²) in [6.07, 6.45) is 3.92. The van der Waals surface area contributed by atoms with E-state index in [2.05, 4.69) is 23.2 Å². The topological polar surface area (TPSA) is 39.1 Å². The number of benzene rings is 1. The Morgan fingerprint density at radius 1 is 1.26 bits per heavy atom. The number of rotatable bonds is 6. The third kappa shape index (κ3) is 4.05. The highest BCUT2D eigenvalue weighted by molar-refractivity contribution is 5.31. The molecule has 3 heteroatoms. The first-order valence-electron chi connectivity index (χ1n) is 7.27. The summed E-state index contributed by atoms with van der Waals surface area (Å²) in [7, 11) is 0. The van der Waals surface area contributed by atoms with Crippen molar-refractivity contribution in [3.63, 3.8) is 0 Å². The average molecular weight is 257 g/mol. The molecule has 1 aromatic carbocycles. The van der Waals surface area contributed by atoms with E-state index in [0.717, 1.165) is 18.7 Å². The van der Waals surface area contributed by atoms with Gasteiger partial charge in [-0.3, -0.25) is 4.90 Å². The van der Waals surface area contributed by atoms with E-state index in [-0.39, 0.29) is 0 Å². The molecular weight excluding hydrogens is 234 g/mol. The number of nitrogens with one attached hydrogen (secondary N) is 1. The Morgan fingerprint density at radius 3 is 2.53 bits per heavy atom. The van der Waals surface area contributed by atoms with Crippen LogP contribution in [-0.4, -0.2) is 30.6 Å². The van der Waals surface area contributed by atoms with E-state index >= 15 is 0 Å². The van der Waals surface area contributed by atoms with Crippen molar-refractivity contribution in [3.05, 3.63) is 35.4 Å². The third-order valence-corrected chi connectivity index (χ3v) is 3.92. The summed E-state index contributed by atoms with van der Waals surface area (Å²) < 4.78 is 0. The normalized spacial score (nSPS) is 17.3. The summed E-state index contributed by atoms with van der Waals surface area (Å²) in [4.78, 5) is 2.60. The molecule has 2 rings (SSSR count). The van der Waals surface area contributed by atoms with Gasteiger partial charge in [0.1, 0.15) is 0 Å². The fraction of sp³-hybridized carbons (Fsp3) is 0.562. The highest BCUT2D eigenvalue weighted by Crippen LogP contribution is 2.13. The summed E-state index contributed by atoms with van der Waals surface area (Å²) in [5.41, 5.74) is 1.97. The van der Waals surface area contributed by atoms with E-state index in [1.165, 1.54) is 37.9 Å². The van der Waals surface area contributed by atoms with Crippen LogP contribution in [-0.2, 0) is 6.54 Å². The average Bonchev–Trinajstić information content (AvgIpc) is 2.98.